The second-order valence-electron chi connectivity index (χ2n) is 5.68. The Balaban J connectivity index is 2.20. The Morgan fingerprint density at radius 3 is 2.26 bits per heavy atom. The van der Waals surface area contributed by atoms with E-state index in [2.05, 4.69) is 6.92 Å². The highest BCUT2D eigenvalue weighted by molar-refractivity contribution is 5.88. The van der Waals surface area contributed by atoms with Gasteiger partial charge in [0.1, 0.15) is 12.0 Å². The van der Waals surface area contributed by atoms with E-state index in [1.54, 1.807) is 0 Å². The van der Waals surface area contributed by atoms with Crippen LogP contribution in [-0.4, -0.2) is 12.6 Å². The third-order valence-electron chi connectivity index (χ3n) is 3.70. The van der Waals surface area contributed by atoms with Crippen LogP contribution >= 0.6 is 0 Å². The molecule has 0 aliphatic carbocycles. The molecule has 0 saturated carbocycles. The zero-order chi connectivity index (χ0) is 16.8. The van der Waals surface area contributed by atoms with Gasteiger partial charge in [-0.3, -0.25) is 0 Å². The average Bonchev–Trinajstić information content (AvgIpc) is 2.58. The van der Waals surface area contributed by atoms with Crippen molar-refractivity contribution in [2.75, 3.05) is 6.61 Å². The van der Waals surface area contributed by atoms with Crippen molar-refractivity contribution < 1.29 is 14.3 Å². The van der Waals surface area contributed by atoms with Gasteiger partial charge in [0.2, 0.25) is 0 Å². The predicted molar refractivity (Wildman–Crippen MR) is 94.4 cm³/mol. The number of ether oxygens (including phenoxy) is 2. The first kappa shape index (κ1) is 19.3. The Morgan fingerprint density at radius 2 is 1.61 bits per heavy atom. The lowest BCUT2D eigenvalue weighted by Crippen LogP contribution is -2.09. The van der Waals surface area contributed by atoms with Crippen molar-refractivity contribution in [3.05, 3.63) is 42.2 Å². The highest BCUT2D eigenvalue weighted by Crippen LogP contribution is 2.12. The van der Waals surface area contributed by atoms with Crippen LogP contribution in [0.2, 0.25) is 0 Å². The minimum atomic E-state index is -0.269. The van der Waals surface area contributed by atoms with Crippen LogP contribution in [0.3, 0.4) is 0 Å². The summed E-state index contributed by atoms with van der Waals surface area (Å²) in [5, 5.41) is 0. The zero-order valence-corrected chi connectivity index (χ0v) is 14.6. The van der Waals surface area contributed by atoms with Crippen LogP contribution in [0, 0.1) is 0 Å². The van der Waals surface area contributed by atoms with Crippen LogP contribution in [0.4, 0.5) is 0 Å². The molecular weight excluding hydrogens is 288 g/mol. The lowest BCUT2D eigenvalue weighted by Gasteiger charge is -2.07. The molecule has 1 aromatic rings. The SMILES string of the molecule is CCCCCCCCCOC(=O)C(=COc1ccccc1)CC. The molecule has 0 spiro atoms. The monoisotopic (exact) mass is 318 g/mol. The van der Waals surface area contributed by atoms with Crippen molar-refractivity contribution in [1.29, 1.82) is 0 Å². The molecule has 0 radical (unpaired) electrons. The van der Waals surface area contributed by atoms with E-state index in [0.717, 1.165) is 18.6 Å². The summed E-state index contributed by atoms with van der Waals surface area (Å²) in [6.07, 6.45) is 10.6. The average molecular weight is 318 g/mol. The summed E-state index contributed by atoms with van der Waals surface area (Å²) in [6, 6.07) is 9.43. The number of hydrogen-bond donors (Lipinski definition) is 0. The van der Waals surface area contributed by atoms with Gasteiger partial charge in [0.25, 0.3) is 0 Å². The normalized spacial score (nSPS) is 11.3. The summed E-state index contributed by atoms with van der Waals surface area (Å²) in [6.45, 7) is 4.64. The fraction of sp³-hybridized carbons (Fsp3) is 0.550. The van der Waals surface area contributed by atoms with Crippen molar-refractivity contribution in [3.63, 3.8) is 0 Å². The number of rotatable bonds is 12. The quantitative estimate of drug-likeness (QED) is 0.216. The van der Waals surface area contributed by atoms with Gasteiger partial charge in [-0.2, -0.15) is 0 Å². The summed E-state index contributed by atoms with van der Waals surface area (Å²) in [4.78, 5) is 12.0. The number of benzene rings is 1. The molecule has 0 N–H and O–H groups in total. The zero-order valence-electron chi connectivity index (χ0n) is 14.6. The molecule has 23 heavy (non-hydrogen) atoms. The Labute approximate surface area is 140 Å². The Hall–Kier alpha value is -1.77. The number of unbranched alkanes of at least 4 members (excludes halogenated alkanes) is 6. The molecule has 0 aliphatic heterocycles. The second kappa shape index (κ2) is 12.7. The molecule has 0 unspecified atom stereocenters. The van der Waals surface area contributed by atoms with Crippen molar-refractivity contribution in [3.8, 4) is 5.75 Å². The summed E-state index contributed by atoms with van der Waals surface area (Å²) < 4.78 is 10.8. The Bertz CT molecular complexity index is 451. The van der Waals surface area contributed by atoms with Crippen molar-refractivity contribution in [2.24, 2.45) is 0 Å². The van der Waals surface area contributed by atoms with Crippen LogP contribution in [0.5, 0.6) is 5.75 Å². The molecule has 0 heterocycles. The van der Waals surface area contributed by atoms with E-state index in [4.69, 9.17) is 9.47 Å². The van der Waals surface area contributed by atoms with Crippen LogP contribution in [0.25, 0.3) is 0 Å². The van der Waals surface area contributed by atoms with Crippen molar-refractivity contribution >= 4 is 5.97 Å². The topological polar surface area (TPSA) is 35.5 Å². The molecule has 1 aromatic carbocycles. The smallest absolute Gasteiger partial charge is 0.337 e. The minimum absolute atomic E-state index is 0.269. The maximum absolute atomic E-state index is 12.0. The minimum Gasteiger partial charge on any atom is -0.464 e. The van der Waals surface area contributed by atoms with E-state index in [-0.39, 0.29) is 5.97 Å². The molecule has 0 amide bonds. The molecule has 0 saturated heterocycles. The van der Waals surface area contributed by atoms with E-state index in [9.17, 15) is 4.79 Å². The molecule has 3 heteroatoms. The lowest BCUT2D eigenvalue weighted by atomic mass is 10.1. The van der Waals surface area contributed by atoms with Gasteiger partial charge >= 0.3 is 5.97 Å². The highest BCUT2D eigenvalue weighted by Gasteiger charge is 2.09. The Morgan fingerprint density at radius 1 is 0.957 bits per heavy atom. The van der Waals surface area contributed by atoms with E-state index in [0.29, 0.717) is 18.6 Å². The van der Waals surface area contributed by atoms with E-state index in [1.807, 2.05) is 37.3 Å². The maximum atomic E-state index is 12.0. The third kappa shape index (κ3) is 9.07. The van der Waals surface area contributed by atoms with Gasteiger partial charge in [-0.1, -0.05) is 70.6 Å². The van der Waals surface area contributed by atoms with Gasteiger partial charge in [-0.05, 0) is 25.0 Å². The van der Waals surface area contributed by atoms with E-state index in [1.165, 1.54) is 38.4 Å². The number of hydrogen-bond acceptors (Lipinski definition) is 3. The first-order valence-electron chi connectivity index (χ1n) is 8.85. The number of para-hydroxylation sites is 1. The number of carbonyl (C=O) groups excluding carboxylic acids is 1. The van der Waals surface area contributed by atoms with Gasteiger partial charge in [-0.25, -0.2) is 4.79 Å². The molecule has 0 bridgehead atoms. The van der Waals surface area contributed by atoms with E-state index >= 15 is 0 Å². The first-order chi connectivity index (χ1) is 11.3. The van der Waals surface area contributed by atoms with Crippen LogP contribution in [-0.2, 0) is 9.53 Å². The molecule has 0 aromatic heterocycles. The van der Waals surface area contributed by atoms with E-state index < -0.39 is 0 Å². The number of esters is 1. The molecule has 0 atom stereocenters. The molecule has 0 aliphatic rings. The Kier molecular flexibility index (Phi) is 10.7. The highest BCUT2D eigenvalue weighted by atomic mass is 16.5. The summed E-state index contributed by atoms with van der Waals surface area (Å²) >= 11 is 0. The van der Waals surface area contributed by atoms with Crippen LogP contribution in [0.15, 0.2) is 42.2 Å². The van der Waals surface area contributed by atoms with Gasteiger partial charge in [0.15, 0.2) is 0 Å². The summed E-state index contributed by atoms with van der Waals surface area (Å²) in [7, 11) is 0. The molecular formula is C20H30O3. The predicted octanol–water partition coefficient (Wildman–Crippen LogP) is 5.65. The summed E-state index contributed by atoms with van der Waals surface area (Å²) in [5.74, 6) is 0.452. The second-order valence-corrected chi connectivity index (χ2v) is 5.68. The fourth-order valence-electron chi connectivity index (χ4n) is 2.23. The van der Waals surface area contributed by atoms with Crippen molar-refractivity contribution in [2.45, 2.75) is 65.2 Å². The van der Waals surface area contributed by atoms with Crippen molar-refractivity contribution in [1.82, 2.24) is 0 Å². The first-order valence-corrected chi connectivity index (χ1v) is 8.85. The maximum Gasteiger partial charge on any atom is 0.337 e. The fourth-order valence-corrected chi connectivity index (χ4v) is 2.23. The van der Waals surface area contributed by atoms with Crippen LogP contribution < -0.4 is 4.74 Å². The number of carbonyl (C=O) groups is 1. The standard InChI is InChI=1S/C20H30O3/c1-3-5-6-7-8-9-13-16-22-20(21)18(4-2)17-23-19-14-11-10-12-15-19/h10-12,14-15,17H,3-9,13,16H2,1-2H3. The van der Waals surface area contributed by atoms with Gasteiger partial charge in [0.05, 0.1) is 12.2 Å². The molecule has 1 rings (SSSR count). The molecule has 0 fully saturated rings. The van der Waals surface area contributed by atoms with Gasteiger partial charge in [0, 0.05) is 0 Å². The molecule has 3 nitrogen and oxygen atoms in total. The summed E-state index contributed by atoms with van der Waals surface area (Å²) in [5.41, 5.74) is 0.566. The van der Waals surface area contributed by atoms with Gasteiger partial charge < -0.3 is 9.47 Å². The third-order valence-corrected chi connectivity index (χ3v) is 3.70. The lowest BCUT2D eigenvalue weighted by molar-refractivity contribution is -0.139. The molecule has 128 valence electrons. The van der Waals surface area contributed by atoms with Gasteiger partial charge in [-0.15, -0.1) is 0 Å². The largest absolute Gasteiger partial charge is 0.464 e. The van der Waals surface area contributed by atoms with Crippen LogP contribution in [0.1, 0.15) is 65.2 Å².